The molecule has 6 heteroatoms. The highest BCUT2D eigenvalue weighted by atomic mass is 19.1. The number of carbonyl (C=O) groups excluding carboxylic acids is 2. The van der Waals surface area contributed by atoms with E-state index < -0.39 is 23.5 Å². The minimum atomic E-state index is -0.797. The van der Waals surface area contributed by atoms with Crippen LogP contribution in [0.3, 0.4) is 0 Å². The maximum atomic E-state index is 13.4. The van der Waals surface area contributed by atoms with Crippen LogP contribution in [-0.4, -0.2) is 37.0 Å². The summed E-state index contributed by atoms with van der Waals surface area (Å²) in [7, 11) is 1.41. The number of nitrogens with zero attached hydrogens (tertiary/aromatic N) is 1. The topological polar surface area (TPSA) is 46.6 Å². The van der Waals surface area contributed by atoms with Gasteiger partial charge in [0.15, 0.2) is 0 Å². The Kier molecular flexibility index (Phi) is 5.41. The third-order valence-electron chi connectivity index (χ3n) is 2.46. The van der Waals surface area contributed by atoms with Gasteiger partial charge in [-0.3, -0.25) is 9.59 Å². The Morgan fingerprint density at radius 3 is 2.63 bits per heavy atom. The molecule has 0 spiro atoms. The highest BCUT2D eigenvalue weighted by Crippen LogP contribution is 2.12. The van der Waals surface area contributed by atoms with Gasteiger partial charge < -0.3 is 9.64 Å². The number of rotatable bonds is 5. The summed E-state index contributed by atoms with van der Waals surface area (Å²) >= 11 is 0. The lowest BCUT2D eigenvalue weighted by molar-refractivity contribution is -0.143. The Balaban J connectivity index is 2.66. The standard InChI is InChI=1S/C13H15F2NO3/c1-3-19-12(17)6-7-16(2)13(18)10-8-9(14)4-5-11(10)15/h4-5,8H,3,6-7H2,1-2H3. The summed E-state index contributed by atoms with van der Waals surface area (Å²) in [5.74, 6) is -2.61. The molecule has 0 fully saturated rings. The van der Waals surface area contributed by atoms with Crippen molar-refractivity contribution in [1.82, 2.24) is 4.90 Å². The molecule has 0 aliphatic carbocycles. The molecule has 0 radical (unpaired) electrons. The number of carbonyl (C=O) groups is 2. The summed E-state index contributed by atoms with van der Waals surface area (Å²) in [6.45, 7) is 2.01. The minimum absolute atomic E-state index is 0.00696. The summed E-state index contributed by atoms with van der Waals surface area (Å²) in [5, 5.41) is 0. The zero-order valence-corrected chi connectivity index (χ0v) is 10.8. The van der Waals surface area contributed by atoms with Crippen LogP contribution in [0.5, 0.6) is 0 Å². The molecule has 1 amide bonds. The summed E-state index contributed by atoms with van der Waals surface area (Å²) < 4.78 is 31.1. The van der Waals surface area contributed by atoms with Gasteiger partial charge >= 0.3 is 5.97 Å². The van der Waals surface area contributed by atoms with Crippen molar-refractivity contribution in [1.29, 1.82) is 0 Å². The molecule has 1 rings (SSSR count). The summed E-state index contributed by atoms with van der Waals surface area (Å²) in [5.41, 5.74) is -0.355. The lowest BCUT2D eigenvalue weighted by Gasteiger charge is -2.17. The molecule has 1 aromatic carbocycles. The molecule has 0 atom stereocenters. The van der Waals surface area contributed by atoms with Crippen molar-refractivity contribution >= 4 is 11.9 Å². The highest BCUT2D eigenvalue weighted by molar-refractivity contribution is 5.94. The van der Waals surface area contributed by atoms with Gasteiger partial charge in [-0.2, -0.15) is 0 Å². The van der Waals surface area contributed by atoms with E-state index in [9.17, 15) is 18.4 Å². The van der Waals surface area contributed by atoms with Crippen LogP contribution in [0.25, 0.3) is 0 Å². The number of halogens is 2. The molecule has 0 heterocycles. The fourth-order valence-corrected chi connectivity index (χ4v) is 1.46. The second kappa shape index (κ2) is 6.82. The van der Waals surface area contributed by atoms with Gasteiger partial charge in [-0.1, -0.05) is 0 Å². The highest BCUT2D eigenvalue weighted by Gasteiger charge is 2.17. The van der Waals surface area contributed by atoms with Gasteiger partial charge in [-0.25, -0.2) is 8.78 Å². The average Bonchev–Trinajstić information content (AvgIpc) is 2.38. The molecular weight excluding hydrogens is 256 g/mol. The molecule has 19 heavy (non-hydrogen) atoms. The van der Waals surface area contributed by atoms with Crippen LogP contribution in [0.1, 0.15) is 23.7 Å². The largest absolute Gasteiger partial charge is 0.466 e. The maximum Gasteiger partial charge on any atom is 0.307 e. The second-order valence-corrected chi connectivity index (χ2v) is 3.91. The molecule has 0 bridgehead atoms. The van der Waals surface area contributed by atoms with E-state index in [1.807, 2.05) is 0 Å². The molecule has 0 aliphatic heterocycles. The molecule has 0 aromatic heterocycles. The molecule has 0 N–H and O–H groups in total. The average molecular weight is 271 g/mol. The van der Waals surface area contributed by atoms with Crippen LogP contribution >= 0.6 is 0 Å². The summed E-state index contributed by atoms with van der Waals surface area (Å²) in [4.78, 5) is 24.1. The molecule has 4 nitrogen and oxygen atoms in total. The number of esters is 1. The molecule has 1 aromatic rings. The Morgan fingerprint density at radius 2 is 2.00 bits per heavy atom. The van der Waals surface area contributed by atoms with Crippen molar-refractivity contribution in [2.24, 2.45) is 0 Å². The van der Waals surface area contributed by atoms with Crippen molar-refractivity contribution in [3.63, 3.8) is 0 Å². The van der Waals surface area contributed by atoms with Crippen molar-refractivity contribution in [3.8, 4) is 0 Å². The van der Waals surface area contributed by atoms with E-state index >= 15 is 0 Å². The fraction of sp³-hybridized carbons (Fsp3) is 0.385. The number of benzene rings is 1. The normalized spacial score (nSPS) is 10.1. The van der Waals surface area contributed by atoms with Gasteiger partial charge in [0.25, 0.3) is 5.91 Å². The third kappa shape index (κ3) is 4.31. The van der Waals surface area contributed by atoms with Crippen LogP contribution in [0.4, 0.5) is 8.78 Å². The van der Waals surface area contributed by atoms with Gasteiger partial charge in [-0.05, 0) is 25.1 Å². The van der Waals surface area contributed by atoms with E-state index in [1.54, 1.807) is 6.92 Å². The van der Waals surface area contributed by atoms with Gasteiger partial charge in [0.05, 0.1) is 18.6 Å². The third-order valence-corrected chi connectivity index (χ3v) is 2.46. The predicted molar refractivity (Wildman–Crippen MR) is 64.6 cm³/mol. The minimum Gasteiger partial charge on any atom is -0.466 e. The predicted octanol–water partition coefficient (Wildman–Crippen LogP) is 1.99. The van der Waals surface area contributed by atoms with E-state index in [1.165, 1.54) is 7.05 Å². The van der Waals surface area contributed by atoms with Crippen molar-refractivity contribution in [3.05, 3.63) is 35.4 Å². The molecule has 0 saturated carbocycles. The Labute approximate surface area is 110 Å². The first kappa shape index (κ1) is 15.1. The van der Waals surface area contributed by atoms with Gasteiger partial charge in [0.1, 0.15) is 11.6 Å². The Hall–Kier alpha value is -1.98. The van der Waals surface area contributed by atoms with E-state index in [0.717, 1.165) is 23.1 Å². The Bertz CT molecular complexity index is 477. The van der Waals surface area contributed by atoms with Crippen LogP contribution < -0.4 is 0 Å². The van der Waals surface area contributed by atoms with Gasteiger partial charge in [0.2, 0.25) is 0 Å². The smallest absolute Gasteiger partial charge is 0.307 e. The number of hydrogen-bond acceptors (Lipinski definition) is 3. The number of amides is 1. The molecule has 0 aliphatic rings. The van der Waals surface area contributed by atoms with E-state index in [4.69, 9.17) is 4.74 Å². The maximum absolute atomic E-state index is 13.4. The molecule has 104 valence electrons. The van der Waals surface area contributed by atoms with Crippen molar-refractivity contribution < 1.29 is 23.1 Å². The van der Waals surface area contributed by atoms with Crippen LogP contribution in [0.2, 0.25) is 0 Å². The first-order valence-electron chi connectivity index (χ1n) is 5.81. The number of hydrogen-bond donors (Lipinski definition) is 0. The lowest BCUT2D eigenvalue weighted by Crippen LogP contribution is -2.30. The van der Waals surface area contributed by atoms with Crippen LogP contribution in [-0.2, 0) is 9.53 Å². The summed E-state index contributed by atoms with van der Waals surface area (Å²) in [6.07, 6.45) is 0.00696. The van der Waals surface area contributed by atoms with Crippen molar-refractivity contribution in [2.45, 2.75) is 13.3 Å². The zero-order chi connectivity index (χ0) is 14.4. The van der Waals surface area contributed by atoms with E-state index in [2.05, 4.69) is 0 Å². The monoisotopic (exact) mass is 271 g/mol. The lowest BCUT2D eigenvalue weighted by atomic mass is 10.2. The van der Waals surface area contributed by atoms with Crippen LogP contribution in [0.15, 0.2) is 18.2 Å². The van der Waals surface area contributed by atoms with E-state index in [-0.39, 0.29) is 25.1 Å². The zero-order valence-electron chi connectivity index (χ0n) is 10.8. The quantitative estimate of drug-likeness (QED) is 0.769. The number of ether oxygens (including phenoxy) is 1. The summed E-state index contributed by atoms with van der Waals surface area (Å²) in [6, 6.07) is 2.66. The molecule has 0 unspecified atom stereocenters. The first-order chi connectivity index (χ1) is 8.95. The van der Waals surface area contributed by atoms with E-state index in [0.29, 0.717) is 0 Å². The molecular formula is C13H15F2NO3. The fourth-order valence-electron chi connectivity index (χ4n) is 1.46. The second-order valence-electron chi connectivity index (χ2n) is 3.91. The molecule has 0 saturated heterocycles. The van der Waals surface area contributed by atoms with Crippen LogP contribution in [0, 0.1) is 11.6 Å². The first-order valence-corrected chi connectivity index (χ1v) is 5.81. The SMILES string of the molecule is CCOC(=O)CCN(C)C(=O)c1cc(F)ccc1F. The van der Waals surface area contributed by atoms with Gasteiger partial charge in [0, 0.05) is 13.6 Å². The van der Waals surface area contributed by atoms with Crippen molar-refractivity contribution in [2.75, 3.05) is 20.2 Å². The van der Waals surface area contributed by atoms with Gasteiger partial charge in [-0.15, -0.1) is 0 Å². The Morgan fingerprint density at radius 1 is 1.32 bits per heavy atom.